The highest BCUT2D eigenvalue weighted by atomic mass is 32.2. The number of hydrogen-bond acceptors (Lipinski definition) is 4. The highest BCUT2D eigenvalue weighted by Crippen LogP contribution is 2.28. The minimum absolute atomic E-state index is 0.241. The van der Waals surface area contributed by atoms with Gasteiger partial charge in [-0.05, 0) is 47.5 Å². The monoisotopic (exact) mass is 276 g/mol. The molecule has 0 saturated carbocycles. The van der Waals surface area contributed by atoms with Crippen LogP contribution in [0.3, 0.4) is 0 Å². The molecule has 1 amide bonds. The van der Waals surface area contributed by atoms with Crippen LogP contribution in [0.2, 0.25) is 0 Å². The molecular weight excluding hydrogens is 260 g/mol. The molecule has 1 aromatic carbocycles. The summed E-state index contributed by atoms with van der Waals surface area (Å²) in [6.07, 6.45) is 2.76. The summed E-state index contributed by atoms with van der Waals surface area (Å²) in [5.74, 6) is -0.241. The zero-order valence-electron chi connectivity index (χ0n) is 11.0. The highest BCUT2D eigenvalue weighted by molar-refractivity contribution is 8.16. The Kier molecular flexibility index (Phi) is 4.27. The Bertz CT molecular complexity index is 540. The topological polar surface area (TPSA) is 49.4 Å². The van der Waals surface area contributed by atoms with Gasteiger partial charge in [0.2, 0.25) is 0 Å². The van der Waals surface area contributed by atoms with Crippen molar-refractivity contribution >= 4 is 35.1 Å². The summed E-state index contributed by atoms with van der Waals surface area (Å²) in [5, 5.41) is 2.53. The van der Waals surface area contributed by atoms with Crippen molar-refractivity contribution in [3.05, 3.63) is 34.2 Å². The number of hydrogen-bond donors (Lipinski definition) is 1. The Morgan fingerprint density at radius 3 is 2.95 bits per heavy atom. The first-order valence-electron chi connectivity index (χ1n) is 6.04. The molecule has 5 heteroatoms. The van der Waals surface area contributed by atoms with Crippen molar-refractivity contribution in [1.29, 1.82) is 0 Å². The Balaban J connectivity index is 2.31. The molecule has 0 aliphatic carbocycles. The zero-order valence-corrected chi connectivity index (χ0v) is 11.8. The minimum Gasteiger partial charge on any atom is -0.374 e. The van der Waals surface area contributed by atoms with E-state index >= 15 is 0 Å². The molecule has 2 rings (SSSR count). The van der Waals surface area contributed by atoms with E-state index in [0.29, 0.717) is 10.5 Å². The molecule has 0 saturated heterocycles. The van der Waals surface area contributed by atoms with Gasteiger partial charge in [-0.25, -0.2) is 0 Å². The Labute approximate surface area is 116 Å². The highest BCUT2D eigenvalue weighted by Gasteiger charge is 2.15. The number of carbonyl (C=O) groups is 2. The number of anilines is 1. The first kappa shape index (κ1) is 13.7. The largest absolute Gasteiger partial charge is 0.374 e. The SMILES string of the molecule is CNC(=O)/C(=C/c1ccc2c(c1)CCN2C)SC=O. The van der Waals surface area contributed by atoms with Crippen molar-refractivity contribution < 1.29 is 9.59 Å². The van der Waals surface area contributed by atoms with Crippen LogP contribution in [-0.2, 0) is 16.0 Å². The van der Waals surface area contributed by atoms with E-state index < -0.39 is 0 Å². The number of carbonyl (C=O) groups excluding carboxylic acids is 2. The van der Waals surface area contributed by atoms with Gasteiger partial charge in [0.15, 0.2) is 5.62 Å². The van der Waals surface area contributed by atoms with Crippen LogP contribution in [0.25, 0.3) is 6.08 Å². The first-order valence-corrected chi connectivity index (χ1v) is 6.92. The van der Waals surface area contributed by atoms with Gasteiger partial charge in [0, 0.05) is 26.3 Å². The van der Waals surface area contributed by atoms with E-state index in [-0.39, 0.29) is 5.91 Å². The van der Waals surface area contributed by atoms with Gasteiger partial charge in [-0.15, -0.1) is 0 Å². The molecule has 0 fully saturated rings. The van der Waals surface area contributed by atoms with Crippen molar-refractivity contribution in [2.75, 3.05) is 25.5 Å². The van der Waals surface area contributed by atoms with Crippen molar-refractivity contribution in [2.45, 2.75) is 6.42 Å². The summed E-state index contributed by atoms with van der Waals surface area (Å²) in [6, 6.07) is 6.10. The molecule has 1 aliphatic rings. The molecule has 1 N–H and O–H groups in total. The van der Waals surface area contributed by atoms with Crippen LogP contribution in [0.5, 0.6) is 0 Å². The average molecular weight is 276 g/mol. The molecule has 19 heavy (non-hydrogen) atoms. The van der Waals surface area contributed by atoms with Crippen LogP contribution in [0.1, 0.15) is 11.1 Å². The standard InChI is InChI=1S/C14H16N2O2S/c1-15-14(18)13(19-9-17)8-10-3-4-12-11(7-10)5-6-16(12)2/h3-4,7-9H,5-6H2,1-2H3,(H,15,18)/b13-8-. The van der Waals surface area contributed by atoms with Crippen molar-refractivity contribution in [2.24, 2.45) is 0 Å². The third-order valence-electron chi connectivity index (χ3n) is 3.16. The second-order valence-corrected chi connectivity index (χ2v) is 5.23. The van der Waals surface area contributed by atoms with Crippen LogP contribution in [0.15, 0.2) is 23.1 Å². The number of rotatable bonds is 4. The molecule has 0 radical (unpaired) electrons. The van der Waals surface area contributed by atoms with Crippen LogP contribution >= 0.6 is 11.8 Å². The molecular formula is C14H16N2O2S. The first-order chi connectivity index (χ1) is 9.15. The van der Waals surface area contributed by atoms with Crippen LogP contribution < -0.4 is 10.2 Å². The third-order valence-corrected chi connectivity index (χ3v) is 3.81. The zero-order chi connectivity index (χ0) is 13.8. The van der Waals surface area contributed by atoms with Crippen molar-refractivity contribution in [1.82, 2.24) is 5.32 Å². The molecule has 1 heterocycles. The molecule has 100 valence electrons. The van der Waals surface area contributed by atoms with Gasteiger partial charge in [-0.1, -0.05) is 6.07 Å². The van der Waals surface area contributed by atoms with E-state index in [9.17, 15) is 9.59 Å². The fourth-order valence-electron chi connectivity index (χ4n) is 2.16. The third kappa shape index (κ3) is 2.98. The van der Waals surface area contributed by atoms with Gasteiger partial charge < -0.3 is 10.2 Å². The van der Waals surface area contributed by atoms with Crippen molar-refractivity contribution in [3.8, 4) is 0 Å². The molecule has 1 aromatic rings. The lowest BCUT2D eigenvalue weighted by Gasteiger charge is -2.11. The second-order valence-electron chi connectivity index (χ2n) is 4.36. The number of amides is 1. The van der Waals surface area contributed by atoms with E-state index in [0.717, 1.165) is 30.3 Å². The van der Waals surface area contributed by atoms with Gasteiger partial charge >= 0.3 is 0 Å². The summed E-state index contributed by atoms with van der Waals surface area (Å²) in [5.41, 5.74) is 4.13. The quantitative estimate of drug-likeness (QED) is 0.671. The van der Waals surface area contributed by atoms with E-state index in [1.807, 2.05) is 6.07 Å². The van der Waals surface area contributed by atoms with Gasteiger partial charge in [0.1, 0.15) is 0 Å². The van der Waals surface area contributed by atoms with Crippen LogP contribution in [0.4, 0.5) is 5.69 Å². The predicted molar refractivity (Wildman–Crippen MR) is 79.8 cm³/mol. The number of benzene rings is 1. The van der Waals surface area contributed by atoms with E-state index in [2.05, 4.69) is 29.4 Å². The summed E-state index contributed by atoms with van der Waals surface area (Å²) in [7, 11) is 3.62. The van der Waals surface area contributed by atoms with E-state index in [1.54, 1.807) is 13.1 Å². The number of thioether (sulfide) groups is 1. The maximum atomic E-state index is 11.6. The number of nitrogens with one attached hydrogen (secondary N) is 1. The van der Waals surface area contributed by atoms with E-state index in [4.69, 9.17) is 0 Å². The van der Waals surface area contributed by atoms with Crippen LogP contribution in [-0.4, -0.2) is 32.2 Å². The summed E-state index contributed by atoms with van der Waals surface area (Å²) in [4.78, 5) is 24.8. The molecule has 0 spiro atoms. The second kappa shape index (κ2) is 5.93. The lowest BCUT2D eigenvalue weighted by molar-refractivity contribution is -0.116. The summed E-state index contributed by atoms with van der Waals surface area (Å²) in [6.45, 7) is 1.02. The molecule has 1 aliphatic heterocycles. The van der Waals surface area contributed by atoms with Crippen molar-refractivity contribution in [3.63, 3.8) is 0 Å². The van der Waals surface area contributed by atoms with E-state index in [1.165, 1.54) is 11.3 Å². The molecule has 0 aromatic heterocycles. The normalized spacial score (nSPS) is 14.2. The number of likely N-dealkylation sites (N-methyl/N-ethyl adjacent to an activating group) is 2. The Hall–Kier alpha value is -1.75. The van der Waals surface area contributed by atoms with Gasteiger partial charge in [-0.3, -0.25) is 9.59 Å². The maximum absolute atomic E-state index is 11.6. The fourth-order valence-corrected chi connectivity index (χ4v) is 2.67. The minimum atomic E-state index is -0.241. The molecule has 0 bridgehead atoms. The number of nitrogens with zero attached hydrogens (tertiary/aromatic N) is 1. The molecule has 4 nitrogen and oxygen atoms in total. The summed E-state index contributed by atoms with van der Waals surface area (Å²) < 4.78 is 0. The smallest absolute Gasteiger partial charge is 0.257 e. The molecule has 0 atom stereocenters. The van der Waals surface area contributed by atoms with Gasteiger partial charge in [0.05, 0.1) is 4.91 Å². The molecule has 0 unspecified atom stereocenters. The lowest BCUT2D eigenvalue weighted by Crippen LogP contribution is -2.18. The Morgan fingerprint density at radius 2 is 2.26 bits per heavy atom. The maximum Gasteiger partial charge on any atom is 0.257 e. The van der Waals surface area contributed by atoms with Crippen LogP contribution in [0, 0.1) is 0 Å². The number of fused-ring (bicyclic) bond motifs is 1. The lowest BCUT2D eigenvalue weighted by atomic mass is 10.1. The van der Waals surface area contributed by atoms with Gasteiger partial charge in [0.25, 0.3) is 5.91 Å². The average Bonchev–Trinajstić information content (AvgIpc) is 2.78. The Morgan fingerprint density at radius 1 is 1.47 bits per heavy atom. The fraction of sp³-hybridized carbons (Fsp3) is 0.286. The predicted octanol–water partition coefficient (Wildman–Crippen LogP) is 1.69. The summed E-state index contributed by atoms with van der Waals surface area (Å²) >= 11 is 0.896. The van der Waals surface area contributed by atoms with Gasteiger partial charge in [-0.2, -0.15) is 0 Å².